The highest BCUT2D eigenvalue weighted by Crippen LogP contribution is 2.28. The summed E-state index contributed by atoms with van der Waals surface area (Å²) in [6.45, 7) is 5.46. The third-order valence-corrected chi connectivity index (χ3v) is 8.72. The zero-order valence-corrected chi connectivity index (χ0v) is 24.6. The van der Waals surface area contributed by atoms with Crippen LogP contribution < -0.4 is 9.62 Å². The molecule has 208 valence electrons. The standard InChI is InChI=1S/C29H33Cl2N3O4S/c1-4-5-16-32-29(36)22(3)33(19-23-10-9-11-24(30)17-23)28(35)20-34(25-15-14-21(2)27(31)18-25)39(37,38)26-12-7-6-8-13-26/h6-15,17-18,22H,4-5,16,19-20H2,1-3H3,(H,32,36)/t22-/m0/s1. The third-order valence-electron chi connectivity index (χ3n) is 6.29. The van der Waals surface area contributed by atoms with Crippen LogP contribution in [0.5, 0.6) is 0 Å². The van der Waals surface area contributed by atoms with Gasteiger partial charge in [-0.2, -0.15) is 0 Å². The van der Waals surface area contributed by atoms with Gasteiger partial charge in [0.1, 0.15) is 12.6 Å². The van der Waals surface area contributed by atoms with Crippen molar-refractivity contribution in [3.8, 4) is 0 Å². The number of hydrogen-bond acceptors (Lipinski definition) is 4. The quantitative estimate of drug-likeness (QED) is 0.269. The van der Waals surface area contributed by atoms with Crippen molar-refractivity contribution >= 4 is 50.7 Å². The molecular weight excluding hydrogens is 557 g/mol. The Balaban J connectivity index is 2.01. The van der Waals surface area contributed by atoms with Crippen molar-refractivity contribution in [3.63, 3.8) is 0 Å². The Bertz CT molecular complexity index is 1400. The highest BCUT2D eigenvalue weighted by molar-refractivity contribution is 7.92. The Labute approximate surface area is 240 Å². The summed E-state index contributed by atoms with van der Waals surface area (Å²) >= 11 is 12.5. The van der Waals surface area contributed by atoms with Gasteiger partial charge in [-0.25, -0.2) is 8.42 Å². The lowest BCUT2D eigenvalue weighted by Crippen LogP contribution is -2.51. The van der Waals surface area contributed by atoms with Crippen LogP contribution >= 0.6 is 23.2 Å². The predicted molar refractivity (Wildman–Crippen MR) is 157 cm³/mol. The number of hydrogen-bond donors (Lipinski definition) is 1. The van der Waals surface area contributed by atoms with Crippen LogP contribution in [0.4, 0.5) is 5.69 Å². The first kappa shape index (κ1) is 30.5. The van der Waals surface area contributed by atoms with Crippen molar-refractivity contribution in [1.82, 2.24) is 10.2 Å². The van der Waals surface area contributed by atoms with Crippen molar-refractivity contribution in [2.75, 3.05) is 17.4 Å². The topological polar surface area (TPSA) is 86.8 Å². The number of carbonyl (C=O) groups excluding carboxylic acids is 2. The average molecular weight is 591 g/mol. The summed E-state index contributed by atoms with van der Waals surface area (Å²) in [6, 6.07) is 18.8. The highest BCUT2D eigenvalue weighted by atomic mass is 35.5. The lowest BCUT2D eigenvalue weighted by atomic mass is 10.1. The number of sulfonamides is 1. The molecule has 0 fully saturated rings. The van der Waals surface area contributed by atoms with Gasteiger partial charge in [-0.05, 0) is 67.8 Å². The number of nitrogens with one attached hydrogen (secondary N) is 1. The number of aryl methyl sites for hydroxylation is 1. The van der Waals surface area contributed by atoms with E-state index in [1.54, 1.807) is 68.4 Å². The van der Waals surface area contributed by atoms with E-state index in [4.69, 9.17) is 23.2 Å². The molecule has 0 spiro atoms. The largest absolute Gasteiger partial charge is 0.354 e. The van der Waals surface area contributed by atoms with Gasteiger partial charge in [0.15, 0.2) is 0 Å². The molecule has 1 atom stereocenters. The summed E-state index contributed by atoms with van der Waals surface area (Å²) in [5.41, 5.74) is 1.72. The number of halogens is 2. The van der Waals surface area contributed by atoms with Gasteiger partial charge in [0.2, 0.25) is 11.8 Å². The zero-order valence-electron chi connectivity index (χ0n) is 22.2. The normalized spacial score (nSPS) is 12.0. The van der Waals surface area contributed by atoms with Gasteiger partial charge in [-0.3, -0.25) is 13.9 Å². The van der Waals surface area contributed by atoms with Crippen LogP contribution in [0.2, 0.25) is 10.0 Å². The molecule has 0 heterocycles. The van der Waals surface area contributed by atoms with Crippen molar-refractivity contribution in [3.05, 3.63) is 94.0 Å². The van der Waals surface area contributed by atoms with E-state index in [-0.39, 0.29) is 23.0 Å². The summed E-state index contributed by atoms with van der Waals surface area (Å²) in [5.74, 6) is -0.876. The van der Waals surface area contributed by atoms with Crippen molar-refractivity contribution in [1.29, 1.82) is 0 Å². The van der Waals surface area contributed by atoms with E-state index in [0.29, 0.717) is 22.2 Å². The molecule has 3 rings (SSSR count). The van der Waals surface area contributed by atoms with Crippen LogP contribution in [-0.4, -0.2) is 44.3 Å². The number of benzene rings is 3. The summed E-state index contributed by atoms with van der Waals surface area (Å²) in [4.78, 5) is 28.3. The number of unbranched alkanes of at least 4 members (excludes halogenated alkanes) is 1. The van der Waals surface area contributed by atoms with Crippen LogP contribution in [0.1, 0.15) is 37.8 Å². The Hall–Kier alpha value is -3.07. The molecule has 0 saturated carbocycles. The van der Waals surface area contributed by atoms with E-state index in [0.717, 1.165) is 22.7 Å². The van der Waals surface area contributed by atoms with Crippen molar-refractivity contribution < 1.29 is 18.0 Å². The second kappa shape index (κ2) is 13.8. The zero-order chi connectivity index (χ0) is 28.6. The van der Waals surface area contributed by atoms with Gasteiger partial charge in [0.05, 0.1) is 10.6 Å². The summed E-state index contributed by atoms with van der Waals surface area (Å²) in [6.07, 6.45) is 1.71. The van der Waals surface area contributed by atoms with Gasteiger partial charge in [0.25, 0.3) is 10.0 Å². The van der Waals surface area contributed by atoms with E-state index in [1.165, 1.54) is 23.1 Å². The smallest absolute Gasteiger partial charge is 0.264 e. The maximum absolute atomic E-state index is 13.9. The first-order chi connectivity index (χ1) is 18.5. The molecule has 0 aliphatic rings. The summed E-state index contributed by atoms with van der Waals surface area (Å²) in [7, 11) is -4.15. The fraction of sp³-hybridized carbons (Fsp3) is 0.310. The third kappa shape index (κ3) is 7.97. The molecule has 3 aromatic rings. The minimum Gasteiger partial charge on any atom is -0.354 e. The fourth-order valence-corrected chi connectivity index (χ4v) is 5.75. The maximum Gasteiger partial charge on any atom is 0.264 e. The molecule has 3 aromatic carbocycles. The second-order valence-corrected chi connectivity index (χ2v) is 11.9. The monoisotopic (exact) mass is 589 g/mol. The molecule has 1 N–H and O–H groups in total. The van der Waals surface area contributed by atoms with Crippen molar-refractivity contribution in [2.45, 2.75) is 51.1 Å². The minimum absolute atomic E-state index is 0.0289. The average Bonchev–Trinajstić information content (AvgIpc) is 2.92. The van der Waals surface area contributed by atoms with Gasteiger partial charge in [-0.15, -0.1) is 0 Å². The number of anilines is 1. The molecule has 0 aromatic heterocycles. The lowest BCUT2D eigenvalue weighted by Gasteiger charge is -2.32. The Morgan fingerprint density at radius 2 is 1.69 bits per heavy atom. The minimum atomic E-state index is -4.15. The Morgan fingerprint density at radius 3 is 2.33 bits per heavy atom. The molecule has 0 unspecified atom stereocenters. The lowest BCUT2D eigenvalue weighted by molar-refractivity contribution is -0.139. The number of nitrogens with zero attached hydrogens (tertiary/aromatic N) is 2. The molecule has 0 saturated heterocycles. The Kier molecular flexibility index (Phi) is 10.8. The van der Waals surface area contributed by atoms with Crippen LogP contribution in [-0.2, 0) is 26.2 Å². The molecule has 0 radical (unpaired) electrons. The van der Waals surface area contributed by atoms with Crippen LogP contribution in [0.3, 0.4) is 0 Å². The highest BCUT2D eigenvalue weighted by Gasteiger charge is 2.32. The second-order valence-electron chi connectivity index (χ2n) is 9.23. The van der Waals surface area contributed by atoms with E-state index in [1.807, 2.05) is 6.92 Å². The van der Waals surface area contributed by atoms with E-state index in [2.05, 4.69) is 5.32 Å². The predicted octanol–water partition coefficient (Wildman–Crippen LogP) is 5.83. The van der Waals surface area contributed by atoms with Gasteiger partial charge >= 0.3 is 0 Å². The maximum atomic E-state index is 13.9. The first-order valence-electron chi connectivity index (χ1n) is 12.7. The van der Waals surface area contributed by atoms with E-state index in [9.17, 15) is 18.0 Å². The molecular formula is C29H33Cl2N3O4S. The molecule has 0 bridgehead atoms. The van der Waals surface area contributed by atoms with Crippen molar-refractivity contribution in [2.24, 2.45) is 0 Å². The number of carbonyl (C=O) groups is 2. The fourth-order valence-electron chi connectivity index (χ4n) is 3.94. The van der Waals surface area contributed by atoms with E-state index < -0.39 is 28.5 Å². The molecule has 10 heteroatoms. The van der Waals surface area contributed by atoms with Crippen LogP contribution in [0, 0.1) is 6.92 Å². The summed E-state index contributed by atoms with van der Waals surface area (Å²) in [5, 5.41) is 3.72. The molecule has 2 amide bonds. The first-order valence-corrected chi connectivity index (χ1v) is 14.9. The molecule has 39 heavy (non-hydrogen) atoms. The summed E-state index contributed by atoms with van der Waals surface area (Å²) < 4.78 is 28.6. The molecule has 0 aliphatic carbocycles. The molecule has 7 nitrogen and oxygen atoms in total. The van der Waals surface area contributed by atoms with Gasteiger partial charge < -0.3 is 10.2 Å². The Morgan fingerprint density at radius 1 is 0.974 bits per heavy atom. The van der Waals surface area contributed by atoms with Gasteiger partial charge in [-0.1, -0.05) is 72.9 Å². The van der Waals surface area contributed by atoms with E-state index >= 15 is 0 Å². The number of amides is 2. The van der Waals surface area contributed by atoms with Crippen LogP contribution in [0.15, 0.2) is 77.7 Å². The number of rotatable bonds is 12. The van der Waals surface area contributed by atoms with Gasteiger partial charge in [0, 0.05) is 23.1 Å². The van der Waals surface area contributed by atoms with Crippen LogP contribution in [0.25, 0.3) is 0 Å². The molecule has 0 aliphatic heterocycles. The SMILES string of the molecule is CCCCNC(=O)[C@H](C)N(Cc1cccc(Cl)c1)C(=O)CN(c1ccc(C)c(Cl)c1)S(=O)(=O)c1ccccc1.